The molecular formula is C17H22ClNO2. The second kappa shape index (κ2) is 5.36. The molecule has 4 heteroatoms. The molecule has 21 heavy (non-hydrogen) atoms. The lowest BCUT2D eigenvalue weighted by Crippen LogP contribution is -2.25. The Kier molecular flexibility index (Phi) is 3.50. The number of hydrogen-bond donors (Lipinski definition) is 1. The van der Waals surface area contributed by atoms with Gasteiger partial charge in [0.05, 0.1) is 13.2 Å². The quantitative estimate of drug-likeness (QED) is 0.921. The number of benzene rings is 1. The first-order valence-corrected chi connectivity index (χ1v) is 8.40. The number of halogens is 1. The van der Waals surface area contributed by atoms with Gasteiger partial charge in [0.2, 0.25) is 0 Å². The van der Waals surface area contributed by atoms with Crippen LogP contribution in [0.1, 0.15) is 37.3 Å². The molecule has 1 heterocycles. The van der Waals surface area contributed by atoms with E-state index in [1.165, 1.54) is 19.3 Å². The lowest BCUT2D eigenvalue weighted by atomic mass is 9.89. The van der Waals surface area contributed by atoms with Crippen LogP contribution in [0.4, 0.5) is 0 Å². The van der Waals surface area contributed by atoms with Crippen molar-refractivity contribution in [3.8, 4) is 11.5 Å². The minimum Gasteiger partial charge on any atom is -0.490 e. The van der Waals surface area contributed by atoms with Gasteiger partial charge in [0.1, 0.15) is 0 Å². The Balaban J connectivity index is 1.64. The van der Waals surface area contributed by atoms with Crippen LogP contribution in [0.25, 0.3) is 0 Å². The van der Waals surface area contributed by atoms with Gasteiger partial charge in [0.15, 0.2) is 11.5 Å². The highest BCUT2D eigenvalue weighted by atomic mass is 35.5. The molecule has 0 radical (unpaired) electrons. The van der Waals surface area contributed by atoms with E-state index in [-0.39, 0.29) is 0 Å². The standard InChI is InChI=1S/C17H22ClNO2/c1-19-17(12-6-10-5-11(10)7-12)13-8-15-16(9-14(13)18)21-4-2-3-20-15/h8-12,17,19H,2-7H2,1H3. The van der Waals surface area contributed by atoms with E-state index in [2.05, 4.69) is 11.4 Å². The fourth-order valence-electron chi connectivity index (χ4n) is 4.12. The molecule has 1 aromatic carbocycles. The Morgan fingerprint density at radius 3 is 2.43 bits per heavy atom. The molecular weight excluding hydrogens is 286 g/mol. The first-order chi connectivity index (χ1) is 10.3. The summed E-state index contributed by atoms with van der Waals surface area (Å²) in [6.07, 6.45) is 5.03. The largest absolute Gasteiger partial charge is 0.490 e. The Hall–Kier alpha value is -0.930. The topological polar surface area (TPSA) is 30.5 Å². The van der Waals surface area contributed by atoms with Crippen molar-refractivity contribution in [3.63, 3.8) is 0 Å². The summed E-state index contributed by atoms with van der Waals surface area (Å²) in [6, 6.07) is 4.34. The summed E-state index contributed by atoms with van der Waals surface area (Å²) in [7, 11) is 2.04. The fourth-order valence-corrected chi connectivity index (χ4v) is 4.39. The molecule has 1 N–H and O–H groups in total. The van der Waals surface area contributed by atoms with Gasteiger partial charge >= 0.3 is 0 Å². The van der Waals surface area contributed by atoms with E-state index in [9.17, 15) is 0 Å². The average molecular weight is 308 g/mol. The summed E-state index contributed by atoms with van der Waals surface area (Å²) in [5.74, 6) is 4.27. The van der Waals surface area contributed by atoms with E-state index in [0.29, 0.717) is 25.2 Å². The number of hydrogen-bond acceptors (Lipinski definition) is 3. The van der Waals surface area contributed by atoms with Crippen molar-refractivity contribution in [2.24, 2.45) is 17.8 Å². The van der Waals surface area contributed by atoms with Gasteiger partial charge in [-0.25, -0.2) is 0 Å². The Labute approximate surface area is 131 Å². The molecule has 2 fully saturated rings. The Bertz CT molecular complexity index is 538. The van der Waals surface area contributed by atoms with Crippen LogP contribution in [0.15, 0.2) is 12.1 Å². The first-order valence-electron chi connectivity index (χ1n) is 8.02. The molecule has 0 bridgehead atoms. The number of fused-ring (bicyclic) bond motifs is 2. The van der Waals surface area contributed by atoms with Crippen LogP contribution in [0.2, 0.25) is 5.02 Å². The van der Waals surface area contributed by atoms with Crippen LogP contribution >= 0.6 is 11.6 Å². The summed E-state index contributed by atoms with van der Waals surface area (Å²) in [4.78, 5) is 0. The van der Waals surface area contributed by atoms with Gasteiger partial charge in [-0.2, -0.15) is 0 Å². The molecule has 0 spiro atoms. The molecule has 3 unspecified atom stereocenters. The van der Waals surface area contributed by atoms with Crippen LogP contribution in [-0.2, 0) is 0 Å². The highest BCUT2D eigenvalue weighted by Gasteiger charge is 2.48. The molecule has 1 aliphatic heterocycles. The third-order valence-corrected chi connectivity index (χ3v) is 5.59. The Morgan fingerprint density at radius 2 is 1.76 bits per heavy atom. The van der Waals surface area contributed by atoms with Gasteiger partial charge < -0.3 is 14.8 Å². The Morgan fingerprint density at radius 1 is 1.10 bits per heavy atom. The highest BCUT2D eigenvalue weighted by Crippen LogP contribution is 2.57. The summed E-state index contributed by atoms with van der Waals surface area (Å²) >= 11 is 6.54. The van der Waals surface area contributed by atoms with Gasteiger partial charge in [0, 0.05) is 23.6 Å². The molecule has 0 amide bonds. The van der Waals surface area contributed by atoms with Crippen molar-refractivity contribution in [1.82, 2.24) is 5.32 Å². The maximum Gasteiger partial charge on any atom is 0.162 e. The second-order valence-electron chi connectivity index (χ2n) is 6.62. The second-order valence-corrected chi connectivity index (χ2v) is 7.03. The van der Waals surface area contributed by atoms with Crippen LogP contribution in [0, 0.1) is 17.8 Å². The van der Waals surface area contributed by atoms with E-state index >= 15 is 0 Å². The van der Waals surface area contributed by atoms with Crippen molar-refractivity contribution in [3.05, 3.63) is 22.7 Å². The van der Waals surface area contributed by atoms with E-state index in [1.54, 1.807) is 0 Å². The monoisotopic (exact) mass is 307 g/mol. The number of nitrogens with one attached hydrogen (secondary N) is 1. The summed E-state index contributed by atoms with van der Waals surface area (Å²) in [5, 5.41) is 4.27. The highest BCUT2D eigenvalue weighted by molar-refractivity contribution is 6.31. The summed E-state index contributed by atoms with van der Waals surface area (Å²) in [6.45, 7) is 1.41. The van der Waals surface area contributed by atoms with Crippen LogP contribution in [0.3, 0.4) is 0 Å². The van der Waals surface area contributed by atoms with Crippen molar-refractivity contribution in [1.29, 1.82) is 0 Å². The zero-order chi connectivity index (χ0) is 14.4. The molecule has 2 saturated carbocycles. The SMILES string of the molecule is CNC(c1cc2c(cc1Cl)OCCCO2)C1CC2CC2C1. The van der Waals surface area contributed by atoms with Crippen molar-refractivity contribution in [2.75, 3.05) is 20.3 Å². The third kappa shape index (κ3) is 2.51. The fraction of sp³-hybridized carbons (Fsp3) is 0.647. The molecule has 3 aliphatic rings. The minimum atomic E-state index is 0.322. The molecule has 2 aliphatic carbocycles. The summed E-state index contributed by atoms with van der Waals surface area (Å²) in [5.41, 5.74) is 1.16. The first kappa shape index (κ1) is 13.7. The number of ether oxygens (including phenoxy) is 2. The smallest absolute Gasteiger partial charge is 0.162 e. The summed E-state index contributed by atoms with van der Waals surface area (Å²) < 4.78 is 11.5. The van der Waals surface area contributed by atoms with Gasteiger partial charge in [-0.15, -0.1) is 0 Å². The zero-order valence-corrected chi connectivity index (χ0v) is 13.2. The average Bonchev–Trinajstić information content (AvgIpc) is 3.16. The van der Waals surface area contributed by atoms with E-state index in [4.69, 9.17) is 21.1 Å². The molecule has 1 aromatic rings. The van der Waals surface area contributed by atoms with Gasteiger partial charge in [-0.1, -0.05) is 11.6 Å². The predicted molar refractivity (Wildman–Crippen MR) is 83.2 cm³/mol. The third-order valence-electron chi connectivity index (χ3n) is 5.26. The lowest BCUT2D eigenvalue weighted by molar-refractivity contribution is 0.296. The van der Waals surface area contributed by atoms with Crippen molar-refractivity contribution in [2.45, 2.75) is 31.7 Å². The van der Waals surface area contributed by atoms with E-state index in [0.717, 1.165) is 40.3 Å². The van der Waals surface area contributed by atoms with Crippen LogP contribution in [0.5, 0.6) is 11.5 Å². The molecule has 0 aromatic heterocycles. The zero-order valence-electron chi connectivity index (χ0n) is 12.4. The van der Waals surface area contributed by atoms with Gasteiger partial charge in [-0.05, 0) is 55.7 Å². The maximum absolute atomic E-state index is 6.54. The molecule has 4 rings (SSSR count). The number of rotatable bonds is 3. The van der Waals surface area contributed by atoms with Crippen LogP contribution < -0.4 is 14.8 Å². The molecule has 3 atom stereocenters. The maximum atomic E-state index is 6.54. The normalized spacial score (nSPS) is 31.4. The minimum absolute atomic E-state index is 0.322. The van der Waals surface area contributed by atoms with E-state index in [1.807, 2.05) is 13.1 Å². The molecule has 3 nitrogen and oxygen atoms in total. The lowest BCUT2D eigenvalue weighted by Gasteiger charge is -2.26. The van der Waals surface area contributed by atoms with E-state index < -0.39 is 0 Å². The van der Waals surface area contributed by atoms with Gasteiger partial charge in [0.25, 0.3) is 0 Å². The molecule has 114 valence electrons. The molecule has 0 saturated heterocycles. The predicted octanol–water partition coefficient (Wildman–Crippen LogP) is 3.81. The van der Waals surface area contributed by atoms with Crippen molar-refractivity contribution < 1.29 is 9.47 Å². The van der Waals surface area contributed by atoms with Gasteiger partial charge in [-0.3, -0.25) is 0 Å². The van der Waals surface area contributed by atoms with Crippen LogP contribution in [-0.4, -0.2) is 20.3 Å². The van der Waals surface area contributed by atoms with Crippen molar-refractivity contribution >= 4 is 11.6 Å².